The van der Waals surface area contributed by atoms with Gasteiger partial charge in [0.05, 0.1) is 0 Å². The smallest absolute Gasteiger partial charge is 0.274 e. The zero-order valence-electron chi connectivity index (χ0n) is 13.8. The second-order valence-electron chi connectivity index (χ2n) is 7.51. The summed E-state index contributed by atoms with van der Waals surface area (Å²) >= 11 is 0. The van der Waals surface area contributed by atoms with E-state index in [-0.39, 0.29) is 16.8 Å². The maximum atomic E-state index is 11.3. The van der Waals surface area contributed by atoms with Crippen LogP contribution < -0.4 is 0 Å². The minimum atomic E-state index is -0.297. The van der Waals surface area contributed by atoms with Crippen LogP contribution in [0, 0.1) is 0 Å². The average molecular weight is 309 g/mol. The van der Waals surface area contributed by atoms with Gasteiger partial charge in [0.1, 0.15) is 5.75 Å². The molecule has 3 nitrogen and oxygen atoms in total. The molecule has 0 radical (unpaired) electrons. The Morgan fingerprint density at radius 2 is 1.52 bits per heavy atom. The summed E-state index contributed by atoms with van der Waals surface area (Å²) < 4.78 is 4.51. The Kier molecular flexibility index (Phi) is 5.44. The summed E-state index contributed by atoms with van der Waals surface area (Å²) in [4.78, 5) is 11.3. The van der Waals surface area contributed by atoms with E-state index in [2.05, 4.69) is 55.5 Å². The minimum absolute atomic E-state index is 0.157. The average Bonchev–Trinajstić information content (AvgIpc) is 2.34. The first-order valence-electron chi connectivity index (χ1n) is 7.20. The normalized spacial score (nSPS) is 12.3. The van der Waals surface area contributed by atoms with Crippen molar-refractivity contribution in [2.24, 2.45) is 0 Å². The molecule has 0 aliphatic heterocycles. The lowest BCUT2D eigenvalue weighted by Gasteiger charge is -2.28. The van der Waals surface area contributed by atoms with Crippen LogP contribution in [0.5, 0.6) is 5.75 Å². The highest BCUT2D eigenvalue weighted by molar-refractivity contribution is 7.10. The first kappa shape index (κ1) is 18.0. The predicted molar refractivity (Wildman–Crippen MR) is 88.2 cm³/mol. The number of carbonyl (C=O) groups excluding carboxylic acids is 1. The topological polar surface area (TPSA) is 46.5 Å². The van der Waals surface area contributed by atoms with Crippen LogP contribution in [0.2, 0.25) is 0 Å². The van der Waals surface area contributed by atoms with Crippen LogP contribution in [0.1, 0.15) is 64.7 Å². The molecule has 118 valence electrons. The third kappa shape index (κ3) is 4.71. The molecule has 1 N–H and O–H groups in total. The van der Waals surface area contributed by atoms with Crippen molar-refractivity contribution in [1.29, 1.82) is 0 Å². The van der Waals surface area contributed by atoms with E-state index in [4.69, 9.17) is 0 Å². The van der Waals surface area contributed by atoms with E-state index in [1.54, 1.807) is 0 Å². The molecule has 1 aromatic carbocycles. The molecule has 0 aliphatic carbocycles. The molecule has 4 heteroatoms. The monoisotopic (exact) mass is 309 g/mol. The van der Waals surface area contributed by atoms with E-state index in [1.807, 2.05) is 12.1 Å². The maximum Gasteiger partial charge on any atom is 0.274 e. The van der Waals surface area contributed by atoms with Crippen LogP contribution in [0.25, 0.3) is 0 Å². The number of hydrogen-bond donors (Lipinski definition) is 1. The molecule has 0 saturated heterocycles. The van der Waals surface area contributed by atoms with Gasteiger partial charge in [0.25, 0.3) is 5.97 Å². The molecule has 0 unspecified atom stereocenters. The van der Waals surface area contributed by atoms with Crippen molar-refractivity contribution in [3.8, 4) is 5.75 Å². The molecule has 1 aromatic rings. The van der Waals surface area contributed by atoms with Gasteiger partial charge in [-0.2, -0.15) is 0 Å². The van der Waals surface area contributed by atoms with Gasteiger partial charge in [-0.15, -0.1) is 0 Å². The first-order chi connectivity index (χ1) is 9.46. The fourth-order valence-corrected chi connectivity index (χ4v) is 2.38. The SMILES string of the molecule is CC(C)(C)c1cc(CCC(=O)O[PH-])cc(C(C)(C)C)c1O. The van der Waals surface area contributed by atoms with Crippen LogP contribution in [-0.2, 0) is 26.6 Å². The van der Waals surface area contributed by atoms with Crippen molar-refractivity contribution in [3.05, 3.63) is 28.8 Å². The summed E-state index contributed by atoms with van der Waals surface area (Å²) in [7, 11) is 2.75. The van der Waals surface area contributed by atoms with E-state index in [0.717, 1.165) is 16.7 Å². The zero-order valence-corrected chi connectivity index (χ0v) is 14.8. The molecular weight excluding hydrogens is 283 g/mol. The Morgan fingerprint density at radius 1 is 1.10 bits per heavy atom. The number of carbonyl (C=O) groups is 1. The fraction of sp³-hybridized carbons (Fsp3) is 0.588. The standard InChI is InChI=1S/C17H26O3P/c1-16(2,3)12-9-11(7-8-14(18)20-21)10-13(15(12)19)17(4,5)6/h9-10,19,21H,7-8H2,1-6H3/q-1. The van der Waals surface area contributed by atoms with Crippen molar-refractivity contribution in [3.63, 3.8) is 0 Å². The summed E-state index contributed by atoms with van der Waals surface area (Å²) in [6.07, 6.45) is 0.900. The molecule has 0 atom stereocenters. The molecule has 0 fully saturated rings. The Morgan fingerprint density at radius 3 is 1.86 bits per heavy atom. The molecular formula is C17H26O3P-. The Labute approximate surface area is 130 Å². The van der Waals surface area contributed by atoms with Crippen molar-refractivity contribution >= 4 is 15.4 Å². The van der Waals surface area contributed by atoms with Gasteiger partial charge in [0, 0.05) is 6.42 Å². The highest BCUT2D eigenvalue weighted by Gasteiger charge is 2.26. The summed E-state index contributed by atoms with van der Waals surface area (Å²) in [5, 5.41) is 10.6. The van der Waals surface area contributed by atoms with Crippen molar-refractivity contribution < 1.29 is 14.4 Å². The quantitative estimate of drug-likeness (QED) is 0.835. The number of hydrogen-bond acceptors (Lipinski definition) is 3. The highest BCUT2D eigenvalue weighted by Crippen LogP contribution is 2.39. The summed E-state index contributed by atoms with van der Waals surface area (Å²) in [6.45, 7) is 12.4. The Bertz CT molecular complexity index is 487. The number of aromatic hydroxyl groups is 1. The van der Waals surface area contributed by atoms with E-state index < -0.39 is 0 Å². The Hall–Kier alpha value is -1.08. The third-order valence-electron chi connectivity index (χ3n) is 3.52. The molecule has 0 aromatic heterocycles. The van der Waals surface area contributed by atoms with Crippen LogP contribution in [0.15, 0.2) is 12.1 Å². The van der Waals surface area contributed by atoms with Gasteiger partial charge in [0.2, 0.25) is 0 Å². The number of benzene rings is 1. The second-order valence-corrected chi connectivity index (χ2v) is 7.72. The van der Waals surface area contributed by atoms with Crippen LogP contribution in [0.4, 0.5) is 0 Å². The fourth-order valence-electron chi connectivity index (χ4n) is 2.28. The highest BCUT2D eigenvalue weighted by atomic mass is 31.0. The number of aryl methyl sites for hydroxylation is 1. The lowest BCUT2D eigenvalue weighted by molar-refractivity contribution is -0.133. The van der Waals surface area contributed by atoms with Gasteiger partial charge in [-0.1, -0.05) is 53.7 Å². The molecule has 0 amide bonds. The lowest BCUT2D eigenvalue weighted by Crippen LogP contribution is -2.18. The molecule has 21 heavy (non-hydrogen) atoms. The molecule has 0 spiro atoms. The summed E-state index contributed by atoms with van der Waals surface area (Å²) in [6, 6.07) is 3.98. The van der Waals surface area contributed by atoms with Crippen molar-refractivity contribution in [2.45, 2.75) is 65.2 Å². The number of rotatable bonds is 3. The van der Waals surface area contributed by atoms with E-state index in [0.29, 0.717) is 18.6 Å². The third-order valence-corrected chi connectivity index (χ3v) is 3.75. The van der Waals surface area contributed by atoms with Gasteiger partial charge >= 0.3 is 0 Å². The lowest BCUT2D eigenvalue weighted by atomic mass is 9.78. The van der Waals surface area contributed by atoms with Crippen molar-refractivity contribution in [1.82, 2.24) is 0 Å². The molecule has 0 aliphatic rings. The molecule has 0 bridgehead atoms. The van der Waals surface area contributed by atoms with Crippen molar-refractivity contribution in [2.75, 3.05) is 0 Å². The van der Waals surface area contributed by atoms with Gasteiger partial charge in [0.15, 0.2) is 0 Å². The maximum absolute atomic E-state index is 11.3. The van der Waals surface area contributed by atoms with Crippen LogP contribution in [-0.4, -0.2) is 11.1 Å². The van der Waals surface area contributed by atoms with E-state index >= 15 is 0 Å². The number of phenols is 1. The summed E-state index contributed by atoms with van der Waals surface area (Å²) in [5.74, 6) is 0.0656. The van der Waals surface area contributed by atoms with Crippen LogP contribution >= 0.6 is 9.47 Å². The van der Waals surface area contributed by atoms with Gasteiger partial charge in [-0.25, -0.2) is 0 Å². The largest absolute Gasteiger partial charge is 0.648 e. The Balaban J connectivity index is 3.31. The first-order valence-corrected chi connectivity index (χ1v) is 7.61. The number of phenolic OH excluding ortho intramolecular Hbond substituents is 1. The molecule has 1 rings (SSSR count). The van der Waals surface area contributed by atoms with Gasteiger partial charge in [-0.3, -0.25) is 4.79 Å². The van der Waals surface area contributed by atoms with E-state index in [9.17, 15) is 9.90 Å². The minimum Gasteiger partial charge on any atom is -0.648 e. The van der Waals surface area contributed by atoms with Gasteiger partial charge in [-0.05, 0) is 33.9 Å². The molecule has 0 saturated carbocycles. The van der Waals surface area contributed by atoms with Crippen LogP contribution in [0.3, 0.4) is 0 Å². The van der Waals surface area contributed by atoms with E-state index in [1.165, 1.54) is 0 Å². The van der Waals surface area contributed by atoms with Gasteiger partial charge < -0.3 is 19.1 Å². The predicted octanol–water partition coefficient (Wildman–Crippen LogP) is 4.52. The zero-order chi connectivity index (χ0) is 16.4. The second kappa shape index (κ2) is 6.36. The summed E-state index contributed by atoms with van der Waals surface area (Å²) in [5.41, 5.74) is 2.55. The molecule has 0 heterocycles.